The molecule has 0 fully saturated rings. The number of aryl methyl sites for hydroxylation is 1. The Bertz CT molecular complexity index is 1500. The van der Waals surface area contributed by atoms with Gasteiger partial charge in [-0.1, -0.05) is 12.1 Å². The topological polar surface area (TPSA) is 131 Å². The molecule has 13 heteroatoms. The third-order valence-corrected chi connectivity index (χ3v) is 6.17. The Morgan fingerprint density at radius 2 is 1.95 bits per heavy atom. The average Bonchev–Trinajstić information content (AvgIpc) is 2.86. The largest absolute Gasteiger partial charge is 0.465 e. The van der Waals surface area contributed by atoms with Gasteiger partial charge in [-0.3, -0.25) is 14.9 Å². The van der Waals surface area contributed by atoms with Crippen LogP contribution >= 0.6 is 0 Å². The molecule has 194 valence electrons. The highest BCUT2D eigenvalue weighted by Gasteiger charge is 2.33. The van der Waals surface area contributed by atoms with E-state index in [-0.39, 0.29) is 23.3 Å². The molecule has 1 unspecified atom stereocenters. The van der Waals surface area contributed by atoms with E-state index in [1.165, 1.54) is 18.9 Å². The number of nitrogens with zero attached hydrogens (tertiary/aromatic N) is 4. The van der Waals surface area contributed by atoms with Gasteiger partial charge < -0.3 is 15.3 Å². The Morgan fingerprint density at radius 3 is 2.59 bits per heavy atom. The molecule has 1 aliphatic rings. The summed E-state index contributed by atoms with van der Waals surface area (Å²) in [7, 11) is 1.43. The second-order valence-electron chi connectivity index (χ2n) is 8.69. The minimum absolute atomic E-state index is 0.00794. The van der Waals surface area contributed by atoms with Crippen molar-refractivity contribution in [3.05, 3.63) is 79.6 Å². The normalized spacial score (nSPS) is 14.8. The summed E-state index contributed by atoms with van der Waals surface area (Å²) < 4.78 is 41.2. The van der Waals surface area contributed by atoms with E-state index in [1.54, 1.807) is 18.2 Å². The van der Waals surface area contributed by atoms with Crippen LogP contribution in [0.1, 0.15) is 36.1 Å². The Morgan fingerprint density at radius 1 is 1.22 bits per heavy atom. The van der Waals surface area contributed by atoms with Gasteiger partial charge >= 0.3 is 12.3 Å². The molecule has 4 rings (SSSR count). The Hall–Kier alpha value is -4.42. The first-order valence-electron chi connectivity index (χ1n) is 11.2. The fourth-order valence-electron chi connectivity index (χ4n) is 4.22. The number of hydrogen-bond donors (Lipinski definition) is 2. The number of benzene rings is 2. The average molecular weight is 517 g/mol. The van der Waals surface area contributed by atoms with Gasteiger partial charge in [0.2, 0.25) is 0 Å². The van der Waals surface area contributed by atoms with Gasteiger partial charge in [0.1, 0.15) is 0 Å². The quantitative estimate of drug-likeness (QED) is 0.367. The molecule has 0 saturated heterocycles. The molecular formula is C24H22F3N5O5. The third-order valence-electron chi connectivity index (χ3n) is 6.17. The van der Waals surface area contributed by atoms with Crippen LogP contribution in [-0.4, -0.2) is 43.9 Å². The van der Waals surface area contributed by atoms with Crippen LogP contribution in [0.2, 0.25) is 0 Å². The number of halogens is 3. The third kappa shape index (κ3) is 5.25. The summed E-state index contributed by atoms with van der Waals surface area (Å²) in [5.41, 5.74) is -0.847. The van der Waals surface area contributed by atoms with E-state index in [0.29, 0.717) is 30.0 Å². The van der Waals surface area contributed by atoms with Crippen molar-refractivity contribution in [1.29, 1.82) is 0 Å². The first-order valence-corrected chi connectivity index (χ1v) is 11.2. The maximum atomic E-state index is 13.4. The number of fused-ring (bicyclic) bond motifs is 1. The van der Waals surface area contributed by atoms with Crippen molar-refractivity contribution in [2.24, 2.45) is 7.05 Å². The highest BCUT2D eigenvalue weighted by molar-refractivity contribution is 5.94. The van der Waals surface area contributed by atoms with E-state index in [2.05, 4.69) is 10.4 Å². The molecule has 10 nitrogen and oxygen atoms in total. The van der Waals surface area contributed by atoms with Crippen LogP contribution in [0.25, 0.3) is 16.3 Å². The van der Waals surface area contributed by atoms with Gasteiger partial charge in [0.05, 0.1) is 21.9 Å². The number of nitrogens with one attached hydrogen (secondary N) is 1. The second-order valence-corrected chi connectivity index (χ2v) is 8.69. The summed E-state index contributed by atoms with van der Waals surface area (Å²) in [5, 5.41) is 28.5. The molecule has 0 spiro atoms. The molecule has 0 bridgehead atoms. The zero-order valence-corrected chi connectivity index (χ0v) is 19.7. The van der Waals surface area contributed by atoms with Crippen molar-refractivity contribution in [3.63, 3.8) is 0 Å². The highest BCUT2D eigenvalue weighted by Crippen LogP contribution is 2.35. The number of carboxylic acid groups (broad SMARTS) is 1. The number of nitro groups is 1. The van der Waals surface area contributed by atoms with Gasteiger partial charge in [-0.15, -0.1) is 0 Å². The smallest absolute Gasteiger partial charge is 0.416 e. The number of alkyl halides is 3. The lowest BCUT2D eigenvalue weighted by Crippen LogP contribution is -2.34. The lowest BCUT2D eigenvalue weighted by molar-refractivity contribution is -0.385. The van der Waals surface area contributed by atoms with Crippen molar-refractivity contribution in [3.8, 4) is 0 Å². The predicted octanol–water partition coefficient (Wildman–Crippen LogP) is 4.80. The number of anilines is 1. The van der Waals surface area contributed by atoms with Crippen molar-refractivity contribution in [2.75, 3.05) is 18.4 Å². The van der Waals surface area contributed by atoms with Crippen LogP contribution in [0.15, 0.2) is 47.3 Å². The molecule has 2 aromatic carbocycles. The van der Waals surface area contributed by atoms with Gasteiger partial charge in [-0.05, 0) is 48.2 Å². The summed E-state index contributed by atoms with van der Waals surface area (Å²) in [6.07, 6.45) is -3.40. The number of nitro benzene ring substituents is 1. The van der Waals surface area contributed by atoms with Crippen molar-refractivity contribution in [1.82, 2.24) is 14.7 Å². The minimum atomic E-state index is -4.78. The Kier molecular flexibility index (Phi) is 6.63. The number of aromatic nitrogens is 2. The molecule has 0 saturated carbocycles. The standard InChI is InChI=1S/C24H22F3N5O5/c1-13(16-8-17(24(25,26)27)11-18(9-16)32(36)37)28-21-20-10-14(5-6-19(20)22(33)30(2)29-21)15-4-3-7-31(12-15)23(34)35/h4-6,8-11,13H,3,7,12H2,1-2H3,(H,28,29)(H,34,35). The molecule has 0 aliphatic carbocycles. The molecule has 37 heavy (non-hydrogen) atoms. The van der Waals surface area contributed by atoms with Crippen LogP contribution in [0, 0.1) is 10.1 Å². The molecular weight excluding hydrogens is 495 g/mol. The first-order chi connectivity index (χ1) is 17.3. The molecule has 1 aliphatic heterocycles. The van der Waals surface area contributed by atoms with E-state index >= 15 is 0 Å². The summed E-state index contributed by atoms with van der Waals surface area (Å²) in [6.45, 7) is 2.05. The molecule has 1 atom stereocenters. The van der Waals surface area contributed by atoms with Crippen molar-refractivity contribution < 1.29 is 28.0 Å². The van der Waals surface area contributed by atoms with Gasteiger partial charge in [-0.2, -0.15) is 18.3 Å². The summed E-state index contributed by atoms with van der Waals surface area (Å²) in [5.74, 6) is 0.179. The first kappa shape index (κ1) is 25.7. The van der Waals surface area contributed by atoms with E-state index in [9.17, 15) is 38.0 Å². The predicted molar refractivity (Wildman–Crippen MR) is 129 cm³/mol. The van der Waals surface area contributed by atoms with Crippen LogP contribution in [0.4, 0.5) is 29.5 Å². The molecule has 2 heterocycles. The lowest BCUT2D eigenvalue weighted by atomic mass is 9.98. The molecule has 0 radical (unpaired) electrons. The SMILES string of the molecule is CC(Nc1nn(C)c(=O)c2ccc(C3=CCCN(C(=O)O)C3)cc12)c1cc([N+](=O)[O-])cc(C(F)(F)F)c1. The second kappa shape index (κ2) is 9.56. The number of amides is 1. The zero-order chi connectivity index (χ0) is 27.1. The summed E-state index contributed by atoms with van der Waals surface area (Å²) in [4.78, 5) is 35.7. The van der Waals surface area contributed by atoms with Gasteiger partial charge in [0.15, 0.2) is 5.82 Å². The van der Waals surface area contributed by atoms with E-state index < -0.39 is 40.0 Å². The van der Waals surface area contributed by atoms with E-state index in [4.69, 9.17) is 0 Å². The van der Waals surface area contributed by atoms with Crippen LogP contribution < -0.4 is 10.9 Å². The lowest BCUT2D eigenvalue weighted by Gasteiger charge is -2.25. The maximum Gasteiger partial charge on any atom is 0.416 e. The number of hydrogen-bond acceptors (Lipinski definition) is 6. The summed E-state index contributed by atoms with van der Waals surface area (Å²) >= 11 is 0. The Balaban J connectivity index is 1.77. The number of carbonyl (C=O) groups is 1. The van der Waals surface area contributed by atoms with Crippen molar-refractivity contribution in [2.45, 2.75) is 25.6 Å². The van der Waals surface area contributed by atoms with Crippen LogP contribution in [0.3, 0.4) is 0 Å². The van der Waals surface area contributed by atoms with Gasteiger partial charge in [0.25, 0.3) is 11.2 Å². The van der Waals surface area contributed by atoms with Crippen LogP contribution in [0.5, 0.6) is 0 Å². The van der Waals surface area contributed by atoms with Gasteiger partial charge in [0, 0.05) is 37.7 Å². The van der Waals surface area contributed by atoms with Crippen LogP contribution in [-0.2, 0) is 13.2 Å². The molecule has 2 N–H and O–H groups in total. The Labute approximate surface area is 207 Å². The highest BCUT2D eigenvalue weighted by atomic mass is 19.4. The van der Waals surface area contributed by atoms with Crippen molar-refractivity contribution >= 4 is 33.9 Å². The molecule has 1 aromatic heterocycles. The minimum Gasteiger partial charge on any atom is -0.465 e. The summed E-state index contributed by atoms with van der Waals surface area (Å²) in [6, 6.07) is 6.45. The number of non-ortho nitro benzene ring substituents is 1. The number of rotatable bonds is 5. The fraction of sp³-hybridized carbons (Fsp3) is 0.292. The zero-order valence-electron chi connectivity index (χ0n) is 19.7. The van der Waals surface area contributed by atoms with Gasteiger partial charge in [-0.25, -0.2) is 9.48 Å². The molecule has 1 amide bonds. The van der Waals surface area contributed by atoms with E-state index in [1.807, 2.05) is 6.08 Å². The monoisotopic (exact) mass is 517 g/mol. The van der Waals surface area contributed by atoms with E-state index in [0.717, 1.165) is 22.4 Å². The fourth-order valence-corrected chi connectivity index (χ4v) is 4.22. The maximum absolute atomic E-state index is 13.4. The molecule has 3 aromatic rings.